The van der Waals surface area contributed by atoms with Crippen LogP contribution in [0.1, 0.15) is 303 Å². The van der Waals surface area contributed by atoms with Crippen LogP contribution in [-0.2, 0) is 28.6 Å². The zero-order valence-corrected chi connectivity index (χ0v) is 48.1. The average Bonchev–Trinajstić information content (AvgIpc) is 3.39. The Kier molecular flexibility index (Phi) is 58.3. The van der Waals surface area contributed by atoms with Crippen molar-refractivity contribution in [2.45, 2.75) is 309 Å². The third-order valence-electron chi connectivity index (χ3n) is 13.3. The number of unbranched alkanes of at least 4 members (excludes halogenated alkanes) is 31. The van der Waals surface area contributed by atoms with Gasteiger partial charge in [0.1, 0.15) is 13.2 Å². The van der Waals surface area contributed by atoms with Crippen LogP contribution in [0.15, 0.2) is 85.1 Å². The lowest BCUT2D eigenvalue weighted by Gasteiger charge is -2.18. The van der Waals surface area contributed by atoms with E-state index in [9.17, 15) is 14.4 Å². The fourth-order valence-corrected chi connectivity index (χ4v) is 8.64. The number of allylic oxidation sites excluding steroid dienone is 14. The third kappa shape index (κ3) is 59.3. The predicted molar refractivity (Wildman–Crippen MR) is 316 cm³/mol. The molecule has 420 valence electrons. The Balaban J connectivity index is 4.36. The van der Waals surface area contributed by atoms with Crippen molar-refractivity contribution in [2.24, 2.45) is 0 Å². The van der Waals surface area contributed by atoms with Gasteiger partial charge in [0.15, 0.2) is 6.10 Å². The first-order chi connectivity index (χ1) is 36.0. The van der Waals surface area contributed by atoms with Gasteiger partial charge in [0.05, 0.1) is 0 Å². The van der Waals surface area contributed by atoms with E-state index >= 15 is 0 Å². The van der Waals surface area contributed by atoms with E-state index in [4.69, 9.17) is 14.2 Å². The summed E-state index contributed by atoms with van der Waals surface area (Å²) in [5, 5.41) is 0. The minimum Gasteiger partial charge on any atom is -0.462 e. The molecule has 0 N–H and O–H groups in total. The highest BCUT2D eigenvalue weighted by molar-refractivity contribution is 5.71. The summed E-state index contributed by atoms with van der Waals surface area (Å²) in [5.74, 6) is -0.908. The molecule has 0 spiro atoms. The molecule has 1 unspecified atom stereocenters. The van der Waals surface area contributed by atoms with E-state index in [-0.39, 0.29) is 31.1 Å². The fourth-order valence-electron chi connectivity index (χ4n) is 8.64. The summed E-state index contributed by atoms with van der Waals surface area (Å²) in [7, 11) is 0. The Bertz CT molecular complexity index is 1400. The van der Waals surface area contributed by atoms with Crippen LogP contribution in [0.4, 0.5) is 0 Å². The zero-order valence-electron chi connectivity index (χ0n) is 48.1. The summed E-state index contributed by atoms with van der Waals surface area (Å²) in [5.41, 5.74) is 0. The maximum atomic E-state index is 12.9. The van der Waals surface area contributed by atoms with Crippen LogP contribution >= 0.6 is 0 Å². The number of esters is 3. The van der Waals surface area contributed by atoms with E-state index in [2.05, 4.69) is 106 Å². The smallest absolute Gasteiger partial charge is 0.306 e. The first kappa shape index (κ1) is 69.6. The molecule has 0 aliphatic carbocycles. The van der Waals surface area contributed by atoms with Gasteiger partial charge in [-0.15, -0.1) is 0 Å². The van der Waals surface area contributed by atoms with Crippen LogP contribution in [0, 0.1) is 0 Å². The maximum Gasteiger partial charge on any atom is 0.306 e. The van der Waals surface area contributed by atoms with Crippen LogP contribution < -0.4 is 0 Å². The van der Waals surface area contributed by atoms with Crippen molar-refractivity contribution < 1.29 is 28.6 Å². The number of hydrogen-bond acceptors (Lipinski definition) is 6. The lowest BCUT2D eigenvalue weighted by molar-refractivity contribution is -0.167. The van der Waals surface area contributed by atoms with Gasteiger partial charge in [-0.3, -0.25) is 14.4 Å². The molecule has 0 rings (SSSR count). The van der Waals surface area contributed by atoms with Gasteiger partial charge in [0.2, 0.25) is 0 Å². The lowest BCUT2D eigenvalue weighted by atomic mass is 10.0. The number of ether oxygens (including phenoxy) is 3. The summed E-state index contributed by atoms with van der Waals surface area (Å²) in [6.07, 6.45) is 80.1. The molecule has 0 saturated heterocycles. The normalized spacial score (nSPS) is 12.6. The molecule has 0 aromatic rings. The van der Waals surface area contributed by atoms with E-state index in [0.29, 0.717) is 19.3 Å². The standard InChI is InChI=1S/C67H116O6/c1-4-7-10-13-16-19-22-25-27-29-31-32-33-34-36-37-39-42-45-48-51-54-57-60-66(69)72-63-64(62-71-65(68)59-56-53-50-47-44-41-24-21-18-15-12-9-6-3)73-67(70)61-58-55-52-49-46-43-40-38-35-30-28-26-23-20-17-14-11-8-5-2/h12,15,17,20-22,24-26,28-29,31,35,38,64H,4-11,13-14,16,18-19,23,27,30,32-34,36-37,39-63H2,1-3H3/b15-12-,20-17-,24-21-,25-22-,28-26-,31-29-,38-35-. The molecule has 6 heteroatoms. The third-order valence-corrected chi connectivity index (χ3v) is 13.3. The second kappa shape index (κ2) is 61.1. The Morgan fingerprint density at radius 2 is 0.521 bits per heavy atom. The second-order valence-corrected chi connectivity index (χ2v) is 20.6. The number of hydrogen-bond donors (Lipinski definition) is 0. The molecule has 0 amide bonds. The summed E-state index contributed by atoms with van der Waals surface area (Å²) >= 11 is 0. The van der Waals surface area contributed by atoms with Crippen molar-refractivity contribution >= 4 is 17.9 Å². The first-order valence-electron chi connectivity index (χ1n) is 31.1. The Morgan fingerprint density at radius 3 is 0.849 bits per heavy atom. The molecular formula is C67H116O6. The number of carbonyl (C=O) groups excluding carboxylic acids is 3. The molecule has 0 aromatic heterocycles. The average molecular weight is 1020 g/mol. The van der Waals surface area contributed by atoms with E-state index < -0.39 is 6.10 Å². The highest BCUT2D eigenvalue weighted by Gasteiger charge is 2.19. The van der Waals surface area contributed by atoms with Gasteiger partial charge in [0.25, 0.3) is 0 Å². The Hall–Kier alpha value is -3.41. The van der Waals surface area contributed by atoms with Crippen LogP contribution in [-0.4, -0.2) is 37.2 Å². The summed E-state index contributed by atoms with van der Waals surface area (Å²) in [4.78, 5) is 38.3. The van der Waals surface area contributed by atoms with Crippen molar-refractivity contribution in [3.05, 3.63) is 85.1 Å². The molecule has 0 heterocycles. The highest BCUT2D eigenvalue weighted by atomic mass is 16.6. The van der Waals surface area contributed by atoms with Crippen molar-refractivity contribution in [3.8, 4) is 0 Å². The molecule has 0 bridgehead atoms. The van der Waals surface area contributed by atoms with Crippen LogP contribution in [0.25, 0.3) is 0 Å². The Labute approximate surface area is 452 Å². The van der Waals surface area contributed by atoms with Crippen molar-refractivity contribution in [2.75, 3.05) is 13.2 Å². The molecule has 73 heavy (non-hydrogen) atoms. The van der Waals surface area contributed by atoms with Gasteiger partial charge in [-0.05, 0) is 116 Å². The lowest BCUT2D eigenvalue weighted by Crippen LogP contribution is -2.30. The molecule has 0 aliphatic heterocycles. The minimum absolute atomic E-state index is 0.0871. The zero-order chi connectivity index (χ0) is 52.9. The van der Waals surface area contributed by atoms with Gasteiger partial charge in [-0.25, -0.2) is 0 Å². The summed E-state index contributed by atoms with van der Waals surface area (Å²) in [6.45, 7) is 6.54. The van der Waals surface area contributed by atoms with Crippen LogP contribution in [0.3, 0.4) is 0 Å². The van der Waals surface area contributed by atoms with Gasteiger partial charge in [0, 0.05) is 19.3 Å². The largest absolute Gasteiger partial charge is 0.462 e. The minimum atomic E-state index is -0.792. The van der Waals surface area contributed by atoms with Gasteiger partial charge in [-0.1, -0.05) is 254 Å². The molecule has 0 radical (unpaired) electrons. The van der Waals surface area contributed by atoms with Crippen LogP contribution in [0.2, 0.25) is 0 Å². The van der Waals surface area contributed by atoms with Gasteiger partial charge < -0.3 is 14.2 Å². The van der Waals surface area contributed by atoms with E-state index in [1.54, 1.807) is 0 Å². The highest BCUT2D eigenvalue weighted by Crippen LogP contribution is 2.15. The fraction of sp³-hybridized carbons (Fsp3) is 0.746. The van der Waals surface area contributed by atoms with E-state index in [1.165, 1.54) is 141 Å². The molecule has 0 fully saturated rings. The monoisotopic (exact) mass is 1020 g/mol. The second-order valence-electron chi connectivity index (χ2n) is 20.6. The van der Waals surface area contributed by atoms with Crippen LogP contribution in [0.5, 0.6) is 0 Å². The quantitative estimate of drug-likeness (QED) is 0.0261. The first-order valence-corrected chi connectivity index (χ1v) is 31.1. The van der Waals surface area contributed by atoms with E-state index in [0.717, 1.165) is 122 Å². The number of carbonyl (C=O) groups is 3. The molecule has 1 atom stereocenters. The number of rotatable bonds is 56. The molecule has 0 aliphatic rings. The maximum absolute atomic E-state index is 12.9. The van der Waals surface area contributed by atoms with Crippen molar-refractivity contribution in [1.29, 1.82) is 0 Å². The molecule has 0 saturated carbocycles. The summed E-state index contributed by atoms with van der Waals surface area (Å²) < 4.78 is 16.9. The molecule has 0 aromatic carbocycles. The van der Waals surface area contributed by atoms with E-state index in [1.807, 2.05) is 0 Å². The summed E-state index contributed by atoms with van der Waals surface area (Å²) in [6, 6.07) is 0. The van der Waals surface area contributed by atoms with Gasteiger partial charge >= 0.3 is 17.9 Å². The van der Waals surface area contributed by atoms with Crippen molar-refractivity contribution in [1.82, 2.24) is 0 Å². The topological polar surface area (TPSA) is 78.9 Å². The Morgan fingerprint density at radius 1 is 0.274 bits per heavy atom. The predicted octanol–water partition coefficient (Wildman–Crippen LogP) is 21.1. The van der Waals surface area contributed by atoms with Crippen molar-refractivity contribution in [3.63, 3.8) is 0 Å². The molecular weight excluding hydrogens is 901 g/mol. The van der Waals surface area contributed by atoms with Gasteiger partial charge in [-0.2, -0.15) is 0 Å². The molecule has 6 nitrogen and oxygen atoms in total. The SMILES string of the molecule is CCC/C=C\C/C=C\CCCCCCCC(=O)OCC(COC(=O)CCCCCCCCCCCCC/C=C\C/C=C\CCCCCCC)OC(=O)CCCCCCCC/C=C\C/C=C\C/C=C\CCCCC.